The van der Waals surface area contributed by atoms with E-state index in [2.05, 4.69) is 4.74 Å². The highest BCUT2D eigenvalue weighted by molar-refractivity contribution is 5.94. The maximum atomic E-state index is 12.5. The Bertz CT molecular complexity index is 567. The first kappa shape index (κ1) is 16.1. The number of morpholine rings is 1. The van der Waals surface area contributed by atoms with Crippen molar-refractivity contribution in [3.63, 3.8) is 0 Å². The van der Waals surface area contributed by atoms with Crippen LogP contribution in [-0.2, 0) is 9.47 Å². The quantitative estimate of drug-likeness (QED) is 0.834. The lowest BCUT2D eigenvalue weighted by atomic mass is 10.00. The summed E-state index contributed by atoms with van der Waals surface area (Å²) in [6.07, 6.45) is -4.01. The van der Waals surface area contributed by atoms with Gasteiger partial charge in [0.05, 0.1) is 19.8 Å². The Morgan fingerprint density at radius 2 is 1.96 bits per heavy atom. The first-order valence-corrected chi connectivity index (χ1v) is 7.24. The van der Waals surface area contributed by atoms with E-state index in [9.17, 15) is 18.0 Å². The summed E-state index contributed by atoms with van der Waals surface area (Å²) >= 11 is 0. The Kier molecular flexibility index (Phi) is 4.20. The van der Waals surface area contributed by atoms with Crippen LogP contribution in [0.3, 0.4) is 0 Å². The molecule has 1 spiro atoms. The molecular weight excluding hydrogens is 315 g/mol. The second-order valence-electron chi connectivity index (χ2n) is 5.63. The number of carbonyl (C=O) groups is 1. The van der Waals surface area contributed by atoms with E-state index < -0.39 is 12.0 Å². The summed E-state index contributed by atoms with van der Waals surface area (Å²) < 4.78 is 51.3. The molecule has 2 aliphatic heterocycles. The normalized spacial score (nSPS) is 24.9. The lowest BCUT2D eigenvalue weighted by Gasteiger charge is -2.39. The zero-order valence-electron chi connectivity index (χ0n) is 12.3. The van der Waals surface area contributed by atoms with Crippen molar-refractivity contribution in [3.05, 3.63) is 29.8 Å². The summed E-state index contributed by atoms with van der Waals surface area (Å²) in [6, 6.07) is 4.93. The van der Waals surface area contributed by atoms with Gasteiger partial charge in [-0.2, -0.15) is 0 Å². The van der Waals surface area contributed by atoms with Gasteiger partial charge in [0.25, 0.3) is 5.91 Å². The number of amides is 1. The van der Waals surface area contributed by atoms with Crippen LogP contribution in [0.2, 0.25) is 0 Å². The van der Waals surface area contributed by atoms with E-state index in [1.54, 1.807) is 4.90 Å². The molecule has 0 radical (unpaired) electrons. The smallest absolute Gasteiger partial charge is 0.406 e. The molecule has 0 bridgehead atoms. The minimum absolute atomic E-state index is 0.238. The monoisotopic (exact) mass is 331 g/mol. The Balaban J connectivity index is 1.67. The van der Waals surface area contributed by atoms with Gasteiger partial charge in [0, 0.05) is 25.1 Å². The molecule has 3 rings (SSSR count). The van der Waals surface area contributed by atoms with Crippen molar-refractivity contribution in [1.82, 2.24) is 4.90 Å². The van der Waals surface area contributed by atoms with Crippen LogP contribution in [0.15, 0.2) is 24.3 Å². The fourth-order valence-electron chi connectivity index (χ4n) is 2.83. The number of hydrogen-bond donors (Lipinski definition) is 0. The van der Waals surface area contributed by atoms with Gasteiger partial charge in [-0.1, -0.05) is 0 Å². The lowest BCUT2D eigenvalue weighted by molar-refractivity contribution is -0.274. The zero-order chi connectivity index (χ0) is 16.5. The van der Waals surface area contributed by atoms with Gasteiger partial charge in [0.1, 0.15) is 11.4 Å². The summed E-state index contributed by atoms with van der Waals surface area (Å²) in [6.45, 7) is 2.35. The number of alkyl halides is 3. The Morgan fingerprint density at radius 3 is 2.57 bits per heavy atom. The van der Waals surface area contributed by atoms with Gasteiger partial charge in [-0.3, -0.25) is 4.79 Å². The summed E-state index contributed by atoms with van der Waals surface area (Å²) in [5, 5.41) is 0. The van der Waals surface area contributed by atoms with E-state index in [0.29, 0.717) is 38.5 Å². The van der Waals surface area contributed by atoms with Crippen molar-refractivity contribution in [2.24, 2.45) is 0 Å². The molecule has 23 heavy (non-hydrogen) atoms. The second kappa shape index (κ2) is 6.01. The molecule has 8 heteroatoms. The van der Waals surface area contributed by atoms with Crippen molar-refractivity contribution in [2.45, 2.75) is 18.4 Å². The Labute approximate surface area is 130 Å². The number of halogens is 3. The third-order valence-corrected chi connectivity index (χ3v) is 3.94. The third-order valence-electron chi connectivity index (χ3n) is 3.94. The molecule has 2 heterocycles. The molecular formula is C15H16F3NO4. The topological polar surface area (TPSA) is 48.0 Å². The van der Waals surface area contributed by atoms with Crippen molar-refractivity contribution in [2.75, 3.05) is 32.9 Å². The van der Waals surface area contributed by atoms with E-state index in [1.807, 2.05) is 0 Å². The maximum absolute atomic E-state index is 12.5. The highest BCUT2D eigenvalue weighted by atomic mass is 19.4. The van der Waals surface area contributed by atoms with Crippen molar-refractivity contribution < 1.29 is 32.2 Å². The van der Waals surface area contributed by atoms with Crippen LogP contribution in [0.5, 0.6) is 5.75 Å². The minimum atomic E-state index is -4.75. The summed E-state index contributed by atoms with van der Waals surface area (Å²) in [7, 11) is 0. The van der Waals surface area contributed by atoms with E-state index >= 15 is 0 Å². The van der Waals surface area contributed by atoms with E-state index in [4.69, 9.17) is 9.47 Å². The fourth-order valence-corrected chi connectivity index (χ4v) is 2.83. The number of ether oxygens (including phenoxy) is 3. The molecule has 0 saturated carbocycles. The van der Waals surface area contributed by atoms with Crippen LogP contribution in [0.1, 0.15) is 16.8 Å². The molecule has 2 aliphatic rings. The van der Waals surface area contributed by atoms with E-state index in [-0.39, 0.29) is 11.7 Å². The second-order valence-corrected chi connectivity index (χ2v) is 5.63. The largest absolute Gasteiger partial charge is 0.573 e. The van der Waals surface area contributed by atoms with Crippen LogP contribution in [0.25, 0.3) is 0 Å². The van der Waals surface area contributed by atoms with Crippen LogP contribution in [-0.4, -0.2) is 55.7 Å². The zero-order valence-corrected chi connectivity index (χ0v) is 12.3. The van der Waals surface area contributed by atoms with Gasteiger partial charge in [0.2, 0.25) is 0 Å². The molecule has 1 aromatic carbocycles. The molecule has 1 atom stereocenters. The standard InChI is InChI=1S/C15H16F3NO4/c16-15(17,18)23-12-3-1-11(2-4-12)13(20)19-6-8-22-14(9-19)5-7-21-10-14/h1-4H,5-10H2. The van der Waals surface area contributed by atoms with Crippen LogP contribution >= 0.6 is 0 Å². The highest BCUT2D eigenvalue weighted by Gasteiger charge is 2.41. The lowest BCUT2D eigenvalue weighted by Crippen LogP contribution is -2.54. The van der Waals surface area contributed by atoms with Gasteiger partial charge < -0.3 is 19.1 Å². The molecule has 0 aliphatic carbocycles. The maximum Gasteiger partial charge on any atom is 0.573 e. The molecule has 0 N–H and O–H groups in total. The number of nitrogens with zero attached hydrogens (tertiary/aromatic N) is 1. The highest BCUT2D eigenvalue weighted by Crippen LogP contribution is 2.28. The Hall–Kier alpha value is -1.80. The van der Waals surface area contributed by atoms with Gasteiger partial charge in [-0.25, -0.2) is 0 Å². The molecule has 2 saturated heterocycles. The molecule has 0 aromatic heterocycles. The number of hydrogen-bond acceptors (Lipinski definition) is 4. The summed E-state index contributed by atoms with van der Waals surface area (Å²) in [4.78, 5) is 14.2. The number of benzene rings is 1. The fraction of sp³-hybridized carbons (Fsp3) is 0.533. The van der Waals surface area contributed by atoms with Crippen molar-refractivity contribution in [3.8, 4) is 5.75 Å². The van der Waals surface area contributed by atoms with Gasteiger partial charge in [0.15, 0.2) is 0 Å². The molecule has 2 fully saturated rings. The van der Waals surface area contributed by atoms with Crippen LogP contribution in [0, 0.1) is 0 Å². The predicted octanol–water partition coefficient (Wildman–Crippen LogP) is 2.22. The van der Waals surface area contributed by atoms with Crippen LogP contribution in [0.4, 0.5) is 13.2 Å². The van der Waals surface area contributed by atoms with Gasteiger partial charge >= 0.3 is 6.36 Å². The molecule has 1 unspecified atom stereocenters. The first-order valence-electron chi connectivity index (χ1n) is 7.24. The predicted molar refractivity (Wildman–Crippen MR) is 73.1 cm³/mol. The van der Waals surface area contributed by atoms with Gasteiger partial charge in [-0.15, -0.1) is 13.2 Å². The average Bonchev–Trinajstić information content (AvgIpc) is 2.93. The molecule has 1 amide bonds. The van der Waals surface area contributed by atoms with Crippen LogP contribution < -0.4 is 4.74 Å². The Morgan fingerprint density at radius 1 is 1.22 bits per heavy atom. The van der Waals surface area contributed by atoms with E-state index in [0.717, 1.165) is 18.6 Å². The summed E-state index contributed by atoms with van der Waals surface area (Å²) in [5.41, 5.74) is -0.136. The van der Waals surface area contributed by atoms with E-state index in [1.165, 1.54) is 12.1 Å². The van der Waals surface area contributed by atoms with Crippen molar-refractivity contribution >= 4 is 5.91 Å². The molecule has 1 aromatic rings. The SMILES string of the molecule is O=C(c1ccc(OC(F)(F)F)cc1)N1CCOC2(CCOC2)C1. The third kappa shape index (κ3) is 3.76. The number of rotatable bonds is 2. The average molecular weight is 331 g/mol. The number of carbonyl (C=O) groups excluding carboxylic acids is 1. The van der Waals surface area contributed by atoms with Gasteiger partial charge in [-0.05, 0) is 24.3 Å². The minimum Gasteiger partial charge on any atom is -0.406 e. The first-order chi connectivity index (χ1) is 10.9. The molecule has 5 nitrogen and oxygen atoms in total. The molecule has 126 valence electrons. The summed E-state index contributed by atoms with van der Waals surface area (Å²) in [5.74, 6) is -0.588. The van der Waals surface area contributed by atoms with Crippen molar-refractivity contribution in [1.29, 1.82) is 0 Å².